The van der Waals surface area contributed by atoms with Crippen LogP contribution in [-0.2, 0) is 14.3 Å². The van der Waals surface area contributed by atoms with E-state index in [0.29, 0.717) is 11.1 Å². The van der Waals surface area contributed by atoms with Crippen molar-refractivity contribution >= 4 is 43.8 Å². The van der Waals surface area contributed by atoms with Crippen molar-refractivity contribution in [1.29, 1.82) is 0 Å². The molecule has 2 unspecified atom stereocenters. The molecule has 17 heavy (non-hydrogen) atoms. The molecule has 0 aromatic heterocycles. The van der Waals surface area contributed by atoms with Crippen LogP contribution >= 0.6 is 31.9 Å². The molecule has 4 nitrogen and oxygen atoms in total. The summed E-state index contributed by atoms with van der Waals surface area (Å²) in [6.45, 7) is 0. The maximum atomic E-state index is 11.4. The summed E-state index contributed by atoms with van der Waals surface area (Å²) in [5.41, 5.74) is 1.09. The van der Waals surface area contributed by atoms with Crippen molar-refractivity contribution in [3.63, 3.8) is 0 Å². The molecule has 0 amide bonds. The third kappa shape index (κ3) is 3.29. The predicted octanol–water partition coefficient (Wildman–Crippen LogP) is 2.82. The summed E-state index contributed by atoms with van der Waals surface area (Å²) >= 11 is 6.26. The molecule has 1 aromatic rings. The zero-order chi connectivity index (χ0) is 13.0. The maximum Gasteiger partial charge on any atom is 0.324 e. The van der Waals surface area contributed by atoms with Crippen LogP contribution in [0.2, 0.25) is 0 Å². The number of carbonyl (C=O) groups is 2. The van der Waals surface area contributed by atoms with Gasteiger partial charge in [-0.25, -0.2) is 0 Å². The molecular formula is C11H10Br2O4. The first kappa shape index (κ1) is 14.2. The van der Waals surface area contributed by atoms with Gasteiger partial charge in [-0.2, -0.15) is 0 Å². The van der Waals surface area contributed by atoms with Crippen molar-refractivity contribution in [2.24, 2.45) is 0 Å². The quantitative estimate of drug-likeness (QED) is 0.658. The Bertz CT molecular complexity index is 433. The summed E-state index contributed by atoms with van der Waals surface area (Å²) < 4.78 is 4.61. The van der Waals surface area contributed by atoms with Gasteiger partial charge in [0.05, 0.1) is 7.11 Å². The summed E-state index contributed by atoms with van der Waals surface area (Å²) in [4.78, 5) is 20.8. The van der Waals surface area contributed by atoms with Crippen LogP contribution in [0.1, 0.15) is 20.8 Å². The van der Waals surface area contributed by atoms with Gasteiger partial charge in [0.15, 0.2) is 0 Å². The van der Waals surface area contributed by atoms with E-state index in [1.54, 1.807) is 24.3 Å². The SMILES string of the molecule is COC(=O)C(Br)c1ccccc1C(Br)C(=O)O. The number of rotatable bonds is 4. The number of hydrogen-bond acceptors (Lipinski definition) is 3. The van der Waals surface area contributed by atoms with E-state index in [1.165, 1.54) is 7.11 Å². The van der Waals surface area contributed by atoms with Crippen LogP contribution in [0.5, 0.6) is 0 Å². The second kappa shape index (κ2) is 6.16. The first-order valence-corrected chi connectivity index (χ1v) is 6.49. The standard InChI is InChI=1S/C11H10Br2O4/c1-17-11(16)9(13)7-5-3-2-4-6(7)8(12)10(14)15/h2-5,8-9H,1H3,(H,14,15). The fraction of sp³-hybridized carbons (Fsp3) is 0.273. The molecule has 0 bridgehead atoms. The van der Waals surface area contributed by atoms with Crippen molar-refractivity contribution in [2.45, 2.75) is 9.65 Å². The fourth-order valence-electron chi connectivity index (χ4n) is 1.34. The van der Waals surface area contributed by atoms with Gasteiger partial charge in [-0.15, -0.1) is 0 Å². The van der Waals surface area contributed by atoms with Crippen molar-refractivity contribution in [2.75, 3.05) is 7.11 Å². The molecule has 0 aliphatic rings. The number of carbonyl (C=O) groups excluding carboxylic acids is 1. The van der Waals surface area contributed by atoms with Crippen LogP contribution in [-0.4, -0.2) is 24.2 Å². The largest absolute Gasteiger partial charge is 0.480 e. The first-order valence-electron chi connectivity index (χ1n) is 4.66. The average molecular weight is 366 g/mol. The van der Waals surface area contributed by atoms with Gasteiger partial charge in [-0.1, -0.05) is 56.1 Å². The Kier molecular flexibility index (Phi) is 5.14. The number of aliphatic carboxylic acids is 1. The predicted molar refractivity (Wildman–Crippen MR) is 69.4 cm³/mol. The Morgan fingerprint density at radius 3 is 2.06 bits per heavy atom. The summed E-state index contributed by atoms with van der Waals surface area (Å²) in [6.07, 6.45) is 0. The average Bonchev–Trinajstić information content (AvgIpc) is 2.35. The number of methoxy groups -OCH3 is 1. The van der Waals surface area contributed by atoms with Crippen LogP contribution in [0.15, 0.2) is 24.3 Å². The molecule has 92 valence electrons. The Morgan fingerprint density at radius 2 is 1.65 bits per heavy atom. The van der Waals surface area contributed by atoms with E-state index in [2.05, 4.69) is 36.6 Å². The van der Waals surface area contributed by atoms with E-state index in [-0.39, 0.29) is 0 Å². The van der Waals surface area contributed by atoms with E-state index in [1.807, 2.05) is 0 Å². The number of benzene rings is 1. The van der Waals surface area contributed by atoms with E-state index >= 15 is 0 Å². The van der Waals surface area contributed by atoms with Crippen LogP contribution in [0.3, 0.4) is 0 Å². The van der Waals surface area contributed by atoms with Gasteiger partial charge in [0.25, 0.3) is 0 Å². The van der Waals surface area contributed by atoms with Gasteiger partial charge >= 0.3 is 11.9 Å². The summed E-state index contributed by atoms with van der Waals surface area (Å²) in [6, 6.07) is 6.79. The minimum atomic E-state index is -1.01. The van der Waals surface area contributed by atoms with E-state index in [9.17, 15) is 9.59 Å². The third-order valence-corrected chi connectivity index (χ3v) is 3.92. The van der Waals surface area contributed by atoms with Crippen LogP contribution in [0.4, 0.5) is 0 Å². The maximum absolute atomic E-state index is 11.4. The molecule has 0 aliphatic heterocycles. The molecular weight excluding hydrogens is 356 g/mol. The van der Waals surface area contributed by atoms with Gasteiger partial charge in [0.2, 0.25) is 0 Å². The Labute approximate surface area is 115 Å². The molecule has 0 saturated heterocycles. The van der Waals surface area contributed by atoms with E-state index in [0.717, 1.165) is 0 Å². The number of hydrogen-bond donors (Lipinski definition) is 1. The fourth-order valence-corrected chi connectivity index (χ4v) is 2.36. The summed E-state index contributed by atoms with van der Waals surface area (Å²) in [5, 5.41) is 8.96. The van der Waals surface area contributed by atoms with Gasteiger partial charge in [-0.3, -0.25) is 9.59 Å². The molecule has 0 saturated carbocycles. The van der Waals surface area contributed by atoms with Crippen LogP contribution < -0.4 is 0 Å². The molecule has 1 aromatic carbocycles. The Balaban J connectivity index is 3.16. The van der Waals surface area contributed by atoms with E-state index < -0.39 is 21.6 Å². The lowest BCUT2D eigenvalue weighted by Crippen LogP contribution is -2.13. The van der Waals surface area contributed by atoms with Gasteiger partial charge < -0.3 is 9.84 Å². The number of alkyl halides is 2. The second-order valence-electron chi connectivity index (χ2n) is 3.22. The highest BCUT2D eigenvalue weighted by atomic mass is 79.9. The second-order valence-corrected chi connectivity index (χ2v) is 5.05. The molecule has 0 spiro atoms. The van der Waals surface area contributed by atoms with Crippen molar-refractivity contribution < 1.29 is 19.4 Å². The Morgan fingerprint density at radius 1 is 1.18 bits per heavy atom. The molecule has 0 radical (unpaired) electrons. The van der Waals surface area contributed by atoms with Crippen molar-refractivity contribution in [3.8, 4) is 0 Å². The number of halogens is 2. The van der Waals surface area contributed by atoms with Gasteiger partial charge in [-0.05, 0) is 11.1 Å². The minimum Gasteiger partial charge on any atom is -0.480 e. The molecule has 2 atom stereocenters. The molecule has 0 aliphatic carbocycles. The number of carboxylic acids is 1. The normalized spacial score (nSPS) is 13.8. The number of esters is 1. The lowest BCUT2D eigenvalue weighted by molar-refractivity contribution is -0.140. The smallest absolute Gasteiger partial charge is 0.324 e. The highest BCUT2D eigenvalue weighted by Gasteiger charge is 2.26. The zero-order valence-corrected chi connectivity index (χ0v) is 12.1. The number of carboxylic acid groups (broad SMARTS) is 1. The molecule has 1 rings (SSSR count). The molecule has 0 heterocycles. The first-order chi connectivity index (χ1) is 7.99. The van der Waals surface area contributed by atoms with Crippen LogP contribution in [0, 0.1) is 0 Å². The zero-order valence-electron chi connectivity index (χ0n) is 8.89. The molecule has 6 heteroatoms. The van der Waals surface area contributed by atoms with Crippen LogP contribution in [0.25, 0.3) is 0 Å². The summed E-state index contributed by atoms with van der Waals surface area (Å²) in [5.74, 6) is -1.48. The number of ether oxygens (including phenoxy) is 1. The third-order valence-electron chi connectivity index (χ3n) is 2.17. The summed E-state index contributed by atoms with van der Waals surface area (Å²) in [7, 11) is 1.28. The van der Waals surface area contributed by atoms with Crippen molar-refractivity contribution in [1.82, 2.24) is 0 Å². The molecule has 1 N–H and O–H groups in total. The van der Waals surface area contributed by atoms with E-state index in [4.69, 9.17) is 5.11 Å². The van der Waals surface area contributed by atoms with Crippen molar-refractivity contribution in [3.05, 3.63) is 35.4 Å². The Hall–Kier alpha value is -0.880. The minimum absolute atomic E-state index is 0.470. The highest BCUT2D eigenvalue weighted by molar-refractivity contribution is 9.09. The highest BCUT2D eigenvalue weighted by Crippen LogP contribution is 2.34. The monoisotopic (exact) mass is 364 g/mol. The molecule has 0 fully saturated rings. The lowest BCUT2D eigenvalue weighted by Gasteiger charge is -2.15. The topological polar surface area (TPSA) is 63.6 Å². The van der Waals surface area contributed by atoms with Gasteiger partial charge in [0, 0.05) is 0 Å². The lowest BCUT2D eigenvalue weighted by atomic mass is 10.0. The van der Waals surface area contributed by atoms with Gasteiger partial charge in [0.1, 0.15) is 9.65 Å².